The minimum Gasteiger partial charge on any atom is -0.386 e. The number of nitrogens with one attached hydrogen (secondary N) is 1. The van der Waals surface area contributed by atoms with E-state index in [-0.39, 0.29) is 27.2 Å². The van der Waals surface area contributed by atoms with Crippen molar-refractivity contribution < 1.29 is 13.9 Å². The Hall–Kier alpha value is -2.19. The Balaban J connectivity index is 1.78. The number of aromatic nitrogens is 2. The maximum atomic E-state index is 13.7. The van der Waals surface area contributed by atoms with Gasteiger partial charge < -0.3 is 10.4 Å². The van der Waals surface area contributed by atoms with Crippen LogP contribution in [-0.4, -0.2) is 21.4 Å². The minimum atomic E-state index is -1.23. The monoisotopic (exact) mass is 445 g/mol. The van der Waals surface area contributed by atoms with Crippen molar-refractivity contribution in [3.63, 3.8) is 0 Å². The summed E-state index contributed by atoms with van der Waals surface area (Å²) in [6, 6.07) is 7.50. The first kappa shape index (κ1) is 20.5. The number of aliphatic hydroxyl groups is 1. The van der Waals surface area contributed by atoms with Crippen molar-refractivity contribution in [1.82, 2.24) is 9.78 Å². The summed E-state index contributed by atoms with van der Waals surface area (Å²) < 4.78 is 27.7. The molecule has 0 aliphatic rings. The molecule has 3 rings (SSSR count). The van der Waals surface area contributed by atoms with Crippen molar-refractivity contribution in [3.8, 4) is 5.69 Å². The molecule has 1 atom stereocenters. The van der Waals surface area contributed by atoms with E-state index in [9.17, 15) is 18.7 Å². The van der Waals surface area contributed by atoms with Crippen LogP contribution in [0.25, 0.3) is 5.69 Å². The van der Waals surface area contributed by atoms with E-state index in [1.54, 1.807) is 12.1 Å². The second-order valence-corrected chi connectivity index (χ2v) is 6.94. The molecule has 0 radical (unpaired) electrons. The molecule has 2 N–H and O–H groups in total. The SMILES string of the molecule is O=c1c(Cl)c(Cl)cnn1-c1ccc(NCC(O)c2ccc(F)cc2F)c(Cl)c1. The quantitative estimate of drug-likeness (QED) is 0.600. The van der Waals surface area contributed by atoms with Crippen molar-refractivity contribution in [2.24, 2.45) is 0 Å². The third-order valence-corrected chi connectivity index (χ3v) is 4.94. The number of aliphatic hydroxyl groups excluding tert-OH is 1. The zero-order chi connectivity index (χ0) is 20.4. The predicted molar refractivity (Wildman–Crippen MR) is 105 cm³/mol. The molecule has 1 heterocycles. The maximum Gasteiger partial charge on any atom is 0.291 e. The highest BCUT2D eigenvalue weighted by molar-refractivity contribution is 6.41. The third-order valence-electron chi connectivity index (χ3n) is 3.88. The van der Waals surface area contributed by atoms with Crippen LogP contribution in [0.2, 0.25) is 15.1 Å². The molecule has 1 unspecified atom stereocenters. The molecule has 0 fully saturated rings. The van der Waals surface area contributed by atoms with E-state index in [0.29, 0.717) is 17.4 Å². The van der Waals surface area contributed by atoms with E-state index in [1.807, 2.05) is 0 Å². The standard InChI is InChI=1S/C18H12Cl3F2N3O2/c19-12-6-10(26-18(28)17(21)13(20)7-25-26)2-4-15(12)24-8-16(27)11-3-1-9(22)5-14(11)23/h1-7,16,24,27H,8H2. The Morgan fingerprint density at radius 2 is 1.86 bits per heavy atom. The maximum absolute atomic E-state index is 13.7. The van der Waals surface area contributed by atoms with Crippen LogP contribution in [0.5, 0.6) is 0 Å². The summed E-state index contributed by atoms with van der Waals surface area (Å²) in [4.78, 5) is 12.1. The number of hydrogen-bond donors (Lipinski definition) is 2. The second-order valence-electron chi connectivity index (χ2n) is 5.75. The van der Waals surface area contributed by atoms with Gasteiger partial charge in [0.2, 0.25) is 0 Å². The lowest BCUT2D eigenvalue weighted by molar-refractivity contribution is 0.186. The molecule has 5 nitrogen and oxygen atoms in total. The molecule has 0 spiro atoms. The van der Waals surface area contributed by atoms with Crippen LogP contribution in [0.1, 0.15) is 11.7 Å². The van der Waals surface area contributed by atoms with Crippen molar-refractivity contribution in [3.05, 3.63) is 85.2 Å². The van der Waals surface area contributed by atoms with Gasteiger partial charge in [0.1, 0.15) is 16.7 Å². The first-order valence-corrected chi connectivity index (χ1v) is 9.01. The summed E-state index contributed by atoms with van der Waals surface area (Å²) in [5.74, 6) is -1.58. The van der Waals surface area contributed by atoms with Crippen molar-refractivity contribution in [1.29, 1.82) is 0 Å². The fraction of sp³-hybridized carbons (Fsp3) is 0.111. The lowest BCUT2D eigenvalue weighted by Gasteiger charge is -2.15. The topological polar surface area (TPSA) is 67.2 Å². The van der Waals surface area contributed by atoms with E-state index in [0.717, 1.165) is 10.7 Å². The molecular weight excluding hydrogens is 435 g/mol. The van der Waals surface area contributed by atoms with Crippen molar-refractivity contribution in [2.75, 3.05) is 11.9 Å². The van der Waals surface area contributed by atoms with Crippen LogP contribution in [0.15, 0.2) is 47.4 Å². The number of rotatable bonds is 5. The second kappa shape index (κ2) is 8.45. The van der Waals surface area contributed by atoms with Gasteiger partial charge in [0.15, 0.2) is 0 Å². The van der Waals surface area contributed by atoms with Crippen LogP contribution in [0, 0.1) is 11.6 Å². The smallest absolute Gasteiger partial charge is 0.291 e. The number of nitrogens with zero attached hydrogens (tertiary/aromatic N) is 2. The normalized spacial score (nSPS) is 12.1. The van der Waals surface area contributed by atoms with Gasteiger partial charge in [0.25, 0.3) is 5.56 Å². The van der Waals surface area contributed by atoms with Gasteiger partial charge in [-0.25, -0.2) is 8.78 Å². The Kier molecular flexibility index (Phi) is 6.20. The van der Waals surface area contributed by atoms with Gasteiger partial charge in [-0.3, -0.25) is 4.79 Å². The Labute approximate surface area is 173 Å². The predicted octanol–water partition coefficient (Wildman–Crippen LogP) is 4.62. The van der Waals surface area contributed by atoms with Gasteiger partial charge in [-0.1, -0.05) is 40.9 Å². The molecule has 0 aliphatic carbocycles. The van der Waals surface area contributed by atoms with E-state index in [2.05, 4.69) is 10.4 Å². The van der Waals surface area contributed by atoms with E-state index >= 15 is 0 Å². The molecular formula is C18H12Cl3F2N3O2. The average molecular weight is 447 g/mol. The molecule has 0 amide bonds. The lowest BCUT2D eigenvalue weighted by Crippen LogP contribution is -2.21. The van der Waals surface area contributed by atoms with E-state index in [4.69, 9.17) is 34.8 Å². The molecule has 28 heavy (non-hydrogen) atoms. The molecule has 0 bridgehead atoms. The highest BCUT2D eigenvalue weighted by atomic mass is 35.5. The van der Waals surface area contributed by atoms with Crippen LogP contribution < -0.4 is 10.9 Å². The number of hydrogen-bond acceptors (Lipinski definition) is 4. The number of benzene rings is 2. The highest BCUT2D eigenvalue weighted by Gasteiger charge is 2.15. The fourth-order valence-corrected chi connectivity index (χ4v) is 2.96. The third kappa shape index (κ3) is 4.28. The zero-order valence-electron chi connectivity index (χ0n) is 14.0. The average Bonchev–Trinajstić information content (AvgIpc) is 2.65. The van der Waals surface area contributed by atoms with Gasteiger partial charge in [0.05, 0.1) is 33.7 Å². The van der Waals surface area contributed by atoms with E-state index in [1.165, 1.54) is 18.3 Å². The molecule has 3 aromatic rings. The van der Waals surface area contributed by atoms with Gasteiger partial charge >= 0.3 is 0 Å². The molecule has 2 aromatic carbocycles. The Bertz CT molecular complexity index is 1090. The number of anilines is 1. The minimum absolute atomic E-state index is 0.0364. The number of halogens is 5. The first-order chi connectivity index (χ1) is 13.3. The fourth-order valence-electron chi connectivity index (χ4n) is 2.46. The van der Waals surface area contributed by atoms with Crippen LogP contribution >= 0.6 is 34.8 Å². The van der Waals surface area contributed by atoms with E-state index < -0.39 is 23.3 Å². The molecule has 146 valence electrons. The Morgan fingerprint density at radius 1 is 1.11 bits per heavy atom. The van der Waals surface area contributed by atoms with Crippen LogP contribution in [-0.2, 0) is 0 Å². The van der Waals surface area contributed by atoms with Crippen LogP contribution in [0.3, 0.4) is 0 Å². The van der Waals surface area contributed by atoms with Crippen molar-refractivity contribution >= 4 is 40.5 Å². The first-order valence-electron chi connectivity index (χ1n) is 7.88. The summed E-state index contributed by atoms with van der Waals surface area (Å²) in [7, 11) is 0. The van der Waals surface area contributed by atoms with Crippen LogP contribution in [0.4, 0.5) is 14.5 Å². The summed E-state index contributed by atoms with van der Waals surface area (Å²) in [5.41, 5.74) is 0.130. The molecule has 0 saturated heterocycles. The Morgan fingerprint density at radius 3 is 2.54 bits per heavy atom. The van der Waals surface area contributed by atoms with Crippen molar-refractivity contribution in [2.45, 2.75) is 6.10 Å². The molecule has 0 saturated carbocycles. The molecule has 1 aromatic heterocycles. The summed E-state index contributed by atoms with van der Waals surface area (Å²) >= 11 is 17.8. The molecule has 10 heteroatoms. The van der Waals surface area contributed by atoms with Gasteiger partial charge in [-0.15, -0.1) is 0 Å². The summed E-state index contributed by atoms with van der Waals surface area (Å²) in [5, 5.41) is 17.0. The van der Waals surface area contributed by atoms with Gasteiger partial charge in [0, 0.05) is 18.2 Å². The van der Waals surface area contributed by atoms with Gasteiger partial charge in [-0.05, 0) is 24.3 Å². The summed E-state index contributed by atoms with van der Waals surface area (Å²) in [6.07, 6.45) is 0.00887. The largest absolute Gasteiger partial charge is 0.386 e. The highest BCUT2D eigenvalue weighted by Crippen LogP contribution is 2.26. The lowest BCUT2D eigenvalue weighted by atomic mass is 10.1. The summed E-state index contributed by atoms with van der Waals surface area (Å²) in [6.45, 7) is -0.0768. The molecule has 0 aliphatic heterocycles. The van der Waals surface area contributed by atoms with Gasteiger partial charge in [-0.2, -0.15) is 9.78 Å². The zero-order valence-corrected chi connectivity index (χ0v) is 16.2.